The second-order valence-corrected chi connectivity index (χ2v) is 5.68. The zero-order chi connectivity index (χ0) is 13.2. The van der Waals surface area contributed by atoms with Crippen molar-refractivity contribution in [2.75, 3.05) is 26.2 Å². The van der Waals surface area contributed by atoms with Crippen LogP contribution in [0.5, 0.6) is 0 Å². The lowest BCUT2D eigenvalue weighted by Crippen LogP contribution is -2.52. The van der Waals surface area contributed by atoms with Crippen LogP contribution >= 0.6 is 11.6 Å². The molecular weight excluding hydrogens is 260 g/mol. The van der Waals surface area contributed by atoms with Crippen LogP contribution in [0.1, 0.15) is 28.8 Å². The molecule has 0 aliphatic carbocycles. The summed E-state index contributed by atoms with van der Waals surface area (Å²) in [6, 6.07) is 8.24. The van der Waals surface area contributed by atoms with Gasteiger partial charge in [0.25, 0.3) is 5.91 Å². The minimum Gasteiger partial charge on any atom is -0.336 e. The first-order valence-electron chi connectivity index (χ1n) is 6.96. The molecule has 19 heavy (non-hydrogen) atoms. The standard InChI is InChI=1S/C15H19ClN2O/c16-10-12-3-5-13(6-4-12)15(19)18-9-8-17-7-1-2-14(17)11-18/h3-6,14H,1-2,7-11H2. The SMILES string of the molecule is O=C(c1ccc(CCl)cc1)N1CCN2CCCC2C1. The van der Waals surface area contributed by atoms with Crippen molar-refractivity contribution in [1.82, 2.24) is 9.80 Å². The van der Waals surface area contributed by atoms with Gasteiger partial charge < -0.3 is 4.90 Å². The molecule has 0 bridgehead atoms. The molecule has 2 saturated heterocycles. The lowest BCUT2D eigenvalue weighted by atomic mass is 10.1. The van der Waals surface area contributed by atoms with Crippen molar-refractivity contribution in [3.8, 4) is 0 Å². The Bertz CT molecular complexity index is 460. The predicted octanol–water partition coefficient (Wildman–Crippen LogP) is 2.35. The summed E-state index contributed by atoms with van der Waals surface area (Å²) in [6.45, 7) is 3.97. The number of carbonyl (C=O) groups is 1. The van der Waals surface area contributed by atoms with Gasteiger partial charge in [0.2, 0.25) is 0 Å². The lowest BCUT2D eigenvalue weighted by molar-refractivity contribution is 0.0571. The fraction of sp³-hybridized carbons (Fsp3) is 0.533. The van der Waals surface area contributed by atoms with E-state index in [1.54, 1.807) is 0 Å². The predicted molar refractivity (Wildman–Crippen MR) is 76.5 cm³/mol. The Labute approximate surface area is 119 Å². The number of amides is 1. The summed E-state index contributed by atoms with van der Waals surface area (Å²) in [6.07, 6.45) is 2.51. The summed E-state index contributed by atoms with van der Waals surface area (Å²) >= 11 is 5.77. The first kappa shape index (κ1) is 12.9. The number of piperazine rings is 1. The van der Waals surface area contributed by atoms with Gasteiger partial charge in [-0.1, -0.05) is 12.1 Å². The van der Waals surface area contributed by atoms with E-state index in [4.69, 9.17) is 11.6 Å². The van der Waals surface area contributed by atoms with Crippen LogP contribution in [0.3, 0.4) is 0 Å². The number of benzene rings is 1. The molecule has 0 N–H and O–H groups in total. The summed E-state index contributed by atoms with van der Waals surface area (Å²) in [5.41, 5.74) is 1.83. The molecule has 3 nitrogen and oxygen atoms in total. The Hall–Kier alpha value is -1.06. The average Bonchev–Trinajstić information content (AvgIpc) is 2.94. The van der Waals surface area contributed by atoms with Crippen LogP contribution < -0.4 is 0 Å². The fourth-order valence-corrected chi connectivity index (χ4v) is 3.27. The minimum atomic E-state index is 0.160. The number of fused-ring (bicyclic) bond motifs is 1. The van der Waals surface area contributed by atoms with E-state index >= 15 is 0 Å². The smallest absolute Gasteiger partial charge is 0.253 e. The van der Waals surface area contributed by atoms with E-state index in [0.29, 0.717) is 11.9 Å². The van der Waals surface area contributed by atoms with Crippen LogP contribution in [0.4, 0.5) is 0 Å². The van der Waals surface area contributed by atoms with Crippen molar-refractivity contribution in [2.45, 2.75) is 24.8 Å². The van der Waals surface area contributed by atoms with Crippen molar-refractivity contribution >= 4 is 17.5 Å². The van der Waals surface area contributed by atoms with Crippen molar-refractivity contribution in [3.63, 3.8) is 0 Å². The van der Waals surface area contributed by atoms with Crippen LogP contribution in [0.2, 0.25) is 0 Å². The largest absolute Gasteiger partial charge is 0.336 e. The van der Waals surface area contributed by atoms with Gasteiger partial charge in [-0.2, -0.15) is 0 Å². The number of rotatable bonds is 2. The number of hydrogen-bond donors (Lipinski definition) is 0. The number of carbonyl (C=O) groups excluding carboxylic acids is 1. The molecule has 2 aliphatic rings. The maximum atomic E-state index is 12.5. The van der Waals surface area contributed by atoms with Gasteiger partial charge in [-0.15, -0.1) is 11.6 Å². The van der Waals surface area contributed by atoms with Crippen LogP contribution in [0.15, 0.2) is 24.3 Å². The highest BCUT2D eigenvalue weighted by molar-refractivity contribution is 6.17. The highest BCUT2D eigenvalue weighted by Gasteiger charge is 2.32. The molecule has 1 unspecified atom stereocenters. The van der Waals surface area contributed by atoms with Crippen LogP contribution in [0.25, 0.3) is 0 Å². The molecular formula is C15H19ClN2O. The third-order valence-electron chi connectivity index (χ3n) is 4.23. The first-order chi connectivity index (χ1) is 9.28. The second-order valence-electron chi connectivity index (χ2n) is 5.41. The van der Waals surface area contributed by atoms with Gasteiger partial charge in [0.05, 0.1) is 0 Å². The minimum absolute atomic E-state index is 0.160. The number of alkyl halides is 1. The summed E-state index contributed by atoms with van der Waals surface area (Å²) in [7, 11) is 0. The van der Waals surface area contributed by atoms with Gasteiger partial charge >= 0.3 is 0 Å². The molecule has 1 aromatic carbocycles. The number of nitrogens with zero attached hydrogens (tertiary/aromatic N) is 2. The Kier molecular flexibility index (Phi) is 3.76. The molecule has 1 atom stereocenters. The van der Waals surface area contributed by atoms with Gasteiger partial charge in [0.15, 0.2) is 0 Å². The molecule has 2 aliphatic heterocycles. The molecule has 4 heteroatoms. The van der Waals surface area contributed by atoms with Crippen molar-refractivity contribution < 1.29 is 4.79 Å². The molecule has 3 rings (SSSR count). The molecule has 0 radical (unpaired) electrons. The molecule has 2 heterocycles. The monoisotopic (exact) mass is 278 g/mol. The Morgan fingerprint density at radius 1 is 1.21 bits per heavy atom. The maximum absolute atomic E-state index is 12.5. The normalized spacial score (nSPS) is 23.4. The van der Waals surface area contributed by atoms with Gasteiger partial charge in [0, 0.05) is 37.1 Å². The van der Waals surface area contributed by atoms with E-state index < -0.39 is 0 Å². The van der Waals surface area contributed by atoms with Crippen molar-refractivity contribution in [3.05, 3.63) is 35.4 Å². The van der Waals surface area contributed by atoms with Crippen LogP contribution in [-0.2, 0) is 5.88 Å². The van der Waals surface area contributed by atoms with Gasteiger partial charge in [-0.3, -0.25) is 9.69 Å². The second kappa shape index (κ2) is 5.51. The van der Waals surface area contributed by atoms with E-state index in [2.05, 4.69) is 4.90 Å². The molecule has 0 aromatic heterocycles. The van der Waals surface area contributed by atoms with Crippen LogP contribution in [0, 0.1) is 0 Å². The highest BCUT2D eigenvalue weighted by atomic mass is 35.5. The summed E-state index contributed by atoms with van der Waals surface area (Å²) in [5, 5.41) is 0. The quantitative estimate of drug-likeness (QED) is 0.776. The molecule has 102 valence electrons. The Morgan fingerprint density at radius 3 is 2.74 bits per heavy atom. The van der Waals surface area contributed by atoms with E-state index in [1.165, 1.54) is 19.4 Å². The molecule has 0 spiro atoms. The van der Waals surface area contributed by atoms with Crippen LogP contribution in [-0.4, -0.2) is 47.9 Å². The van der Waals surface area contributed by atoms with Gasteiger partial charge in [-0.25, -0.2) is 0 Å². The van der Waals surface area contributed by atoms with E-state index in [1.807, 2.05) is 29.2 Å². The fourth-order valence-electron chi connectivity index (χ4n) is 3.09. The highest BCUT2D eigenvalue weighted by Crippen LogP contribution is 2.22. The Morgan fingerprint density at radius 2 is 2.00 bits per heavy atom. The summed E-state index contributed by atoms with van der Waals surface area (Å²) < 4.78 is 0. The molecule has 2 fully saturated rings. The molecule has 1 aromatic rings. The lowest BCUT2D eigenvalue weighted by Gasteiger charge is -2.37. The average molecular weight is 279 g/mol. The van der Waals surface area contributed by atoms with Gasteiger partial charge in [-0.05, 0) is 37.1 Å². The van der Waals surface area contributed by atoms with Gasteiger partial charge in [0.1, 0.15) is 0 Å². The summed E-state index contributed by atoms with van der Waals surface area (Å²) in [4.78, 5) is 17.0. The maximum Gasteiger partial charge on any atom is 0.253 e. The summed E-state index contributed by atoms with van der Waals surface area (Å²) in [5.74, 6) is 0.655. The van der Waals surface area contributed by atoms with Crippen molar-refractivity contribution in [1.29, 1.82) is 0 Å². The van der Waals surface area contributed by atoms with E-state index in [9.17, 15) is 4.79 Å². The third-order valence-corrected chi connectivity index (χ3v) is 4.54. The van der Waals surface area contributed by atoms with E-state index in [-0.39, 0.29) is 5.91 Å². The first-order valence-corrected chi connectivity index (χ1v) is 7.49. The molecule has 1 amide bonds. The zero-order valence-corrected chi connectivity index (χ0v) is 11.8. The number of hydrogen-bond acceptors (Lipinski definition) is 2. The number of halogens is 1. The van der Waals surface area contributed by atoms with E-state index in [0.717, 1.165) is 30.8 Å². The molecule has 0 saturated carbocycles. The van der Waals surface area contributed by atoms with Crippen molar-refractivity contribution in [2.24, 2.45) is 0 Å². The topological polar surface area (TPSA) is 23.6 Å². The zero-order valence-electron chi connectivity index (χ0n) is 11.0. The third kappa shape index (κ3) is 2.63. The Balaban J connectivity index is 1.69.